The van der Waals surface area contributed by atoms with Crippen LogP contribution in [0.25, 0.3) is 0 Å². The quantitative estimate of drug-likeness (QED) is 0.534. The molecule has 2 aliphatic rings. The Kier molecular flexibility index (Phi) is 7.38. The monoisotopic (exact) mass is 380 g/mol. The average molecular weight is 381 g/mol. The van der Waals surface area contributed by atoms with Gasteiger partial charge in [0.2, 0.25) is 0 Å². The summed E-state index contributed by atoms with van der Waals surface area (Å²) in [6.07, 6.45) is 9.03. The van der Waals surface area contributed by atoms with Gasteiger partial charge in [0.25, 0.3) is 0 Å². The minimum absolute atomic E-state index is 0.0562. The molecule has 27 heavy (non-hydrogen) atoms. The first-order valence-corrected chi connectivity index (χ1v) is 11.0. The Bertz CT molecular complexity index is 518. The van der Waals surface area contributed by atoms with Crippen molar-refractivity contribution in [2.45, 2.75) is 111 Å². The molecule has 2 saturated carbocycles. The van der Waals surface area contributed by atoms with E-state index in [0.29, 0.717) is 5.92 Å². The minimum atomic E-state index is -0.384. The van der Waals surface area contributed by atoms with Crippen LogP contribution in [0, 0.1) is 23.7 Å². The van der Waals surface area contributed by atoms with Crippen LogP contribution in [0.1, 0.15) is 99.3 Å². The van der Waals surface area contributed by atoms with Crippen LogP contribution in [0.4, 0.5) is 0 Å². The van der Waals surface area contributed by atoms with E-state index in [9.17, 15) is 9.59 Å². The van der Waals surface area contributed by atoms with E-state index < -0.39 is 0 Å². The molecule has 4 nitrogen and oxygen atoms in total. The third kappa shape index (κ3) is 5.71. The van der Waals surface area contributed by atoms with Gasteiger partial charge in [0, 0.05) is 0 Å². The predicted molar refractivity (Wildman–Crippen MR) is 107 cm³/mol. The molecule has 0 aromatic heterocycles. The van der Waals surface area contributed by atoms with Gasteiger partial charge < -0.3 is 9.47 Å². The van der Waals surface area contributed by atoms with Crippen molar-refractivity contribution in [1.29, 1.82) is 0 Å². The maximum Gasteiger partial charge on any atom is 0.309 e. The number of carbonyl (C=O) groups is 2. The van der Waals surface area contributed by atoms with Crippen molar-refractivity contribution in [3.8, 4) is 0 Å². The molecule has 2 aliphatic carbocycles. The Morgan fingerprint density at radius 3 is 2.11 bits per heavy atom. The largest absolute Gasteiger partial charge is 0.459 e. The molecule has 0 bridgehead atoms. The number of esters is 2. The van der Waals surface area contributed by atoms with Gasteiger partial charge >= 0.3 is 11.9 Å². The number of ether oxygens (including phenoxy) is 2. The van der Waals surface area contributed by atoms with Crippen molar-refractivity contribution in [1.82, 2.24) is 0 Å². The number of carbonyl (C=O) groups excluding carboxylic acids is 2. The maximum absolute atomic E-state index is 12.6. The molecule has 156 valence electrons. The predicted octanol–water partition coefficient (Wildman–Crippen LogP) is 5.67. The number of hydrogen-bond donors (Lipinski definition) is 0. The van der Waals surface area contributed by atoms with E-state index >= 15 is 0 Å². The third-order valence-corrected chi connectivity index (χ3v) is 6.77. The summed E-state index contributed by atoms with van der Waals surface area (Å²) in [4.78, 5) is 24.9. The first-order chi connectivity index (χ1) is 12.6. The molecule has 0 heterocycles. The van der Waals surface area contributed by atoms with Gasteiger partial charge in [-0.15, -0.1) is 0 Å². The van der Waals surface area contributed by atoms with Gasteiger partial charge in [-0.25, -0.2) is 0 Å². The lowest BCUT2D eigenvalue weighted by Crippen LogP contribution is -2.45. The van der Waals surface area contributed by atoms with Crippen LogP contribution in [0.2, 0.25) is 0 Å². The average Bonchev–Trinajstić information content (AvgIpc) is 3.00. The fourth-order valence-corrected chi connectivity index (χ4v) is 4.80. The van der Waals surface area contributed by atoms with E-state index in [1.807, 2.05) is 20.8 Å². The van der Waals surface area contributed by atoms with E-state index in [0.717, 1.165) is 57.8 Å². The van der Waals surface area contributed by atoms with Crippen LogP contribution in [-0.2, 0) is 19.1 Å². The van der Waals surface area contributed by atoms with Crippen molar-refractivity contribution in [3.05, 3.63) is 0 Å². The van der Waals surface area contributed by atoms with Gasteiger partial charge in [0.1, 0.15) is 11.2 Å². The van der Waals surface area contributed by atoms with Gasteiger partial charge in [-0.3, -0.25) is 9.59 Å². The highest BCUT2D eigenvalue weighted by molar-refractivity contribution is 5.73. The lowest BCUT2D eigenvalue weighted by molar-refractivity contribution is -0.177. The zero-order valence-corrected chi connectivity index (χ0v) is 18.3. The summed E-state index contributed by atoms with van der Waals surface area (Å²) in [6.45, 7) is 12.1. The van der Waals surface area contributed by atoms with Crippen molar-refractivity contribution in [2.75, 3.05) is 0 Å². The van der Waals surface area contributed by atoms with Crippen molar-refractivity contribution >= 4 is 11.9 Å². The Morgan fingerprint density at radius 1 is 0.926 bits per heavy atom. The topological polar surface area (TPSA) is 52.6 Å². The molecule has 3 atom stereocenters. The second kappa shape index (κ2) is 8.96. The molecule has 0 aromatic carbocycles. The van der Waals surface area contributed by atoms with E-state index in [1.54, 1.807) is 0 Å². The van der Waals surface area contributed by atoms with Gasteiger partial charge in [-0.05, 0) is 70.1 Å². The Morgan fingerprint density at radius 2 is 1.56 bits per heavy atom. The fourth-order valence-electron chi connectivity index (χ4n) is 4.80. The summed E-state index contributed by atoms with van der Waals surface area (Å²) in [7, 11) is 0. The molecule has 0 radical (unpaired) electrons. The first kappa shape index (κ1) is 22.2. The number of rotatable bonds is 7. The zero-order valence-electron chi connectivity index (χ0n) is 18.3. The summed E-state index contributed by atoms with van der Waals surface area (Å²) in [5.41, 5.74) is -0.641. The molecule has 0 aromatic rings. The van der Waals surface area contributed by atoms with Crippen LogP contribution in [0.3, 0.4) is 0 Å². The van der Waals surface area contributed by atoms with Gasteiger partial charge in [-0.1, -0.05) is 41.0 Å². The summed E-state index contributed by atoms with van der Waals surface area (Å²) < 4.78 is 11.9. The van der Waals surface area contributed by atoms with Crippen molar-refractivity contribution < 1.29 is 19.1 Å². The van der Waals surface area contributed by atoms with E-state index in [2.05, 4.69) is 20.8 Å². The lowest BCUT2D eigenvalue weighted by Gasteiger charge is -2.44. The zero-order chi connectivity index (χ0) is 20.2. The molecule has 4 heteroatoms. The van der Waals surface area contributed by atoms with E-state index in [-0.39, 0.29) is 40.9 Å². The summed E-state index contributed by atoms with van der Waals surface area (Å²) >= 11 is 0. The second-order valence-corrected chi connectivity index (χ2v) is 9.97. The second-order valence-electron chi connectivity index (χ2n) is 9.97. The highest BCUT2D eigenvalue weighted by Crippen LogP contribution is 2.43. The Balaban J connectivity index is 1.97. The lowest BCUT2D eigenvalue weighted by atomic mass is 9.70. The summed E-state index contributed by atoms with van der Waals surface area (Å²) in [5, 5.41) is 0. The van der Waals surface area contributed by atoms with Crippen LogP contribution in [0.5, 0.6) is 0 Å². The summed E-state index contributed by atoms with van der Waals surface area (Å²) in [5.74, 6) is 0.311. The SMILES string of the molecule is CC(C)C(=O)OC1(C(C)C)CCCC(CC(C)C(=O)OC2(C)CCCC2)C1. The fraction of sp³-hybridized carbons (Fsp3) is 0.913. The van der Waals surface area contributed by atoms with E-state index in [1.165, 1.54) is 0 Å². The first-order valence-electron chi connectivity index (χ1n) is 11.0. The van der Waals surface area contributed by atoms with E-state index in [4.69, 9.17) is 9.47 Å². The van der Waals surface area contributed by atoms with Gasteiger partial charge in [0.05, 0.1) is 11.8 Å². The Hall–Kier alpha value is -1.06. The molecule has 0 amide bonds. The minimum Gasteiger partial charge on any atom is -0.459 e. The highest BCUT2D eigenvalue weighted by atomic mass is 16.6. The summed E-state index contributed by atoms with van der Waals surface area (Å²) in [6, 6.07) is 0. The Labute approximate surface area is 165 Å². The molecular formula is C23H40O4. The van der Waals surface area contributed by atoms with Crippen molar-refractivity contribution in [3.63, 3.8) is 0 Å². The molecule has 0 saturated heterocycles. The van der Waals surface area contributed by atoms with Crippen LogP contribution in [-0.4, -0.2) is 23.1 Å². The molecule has 3 unspecified atom stereocenters. The normalized spacial score (nSPS) is 29.0. The van der Waals surface area contributed by atoms with Crippen LogP contribution < -0.4 is 0 Å². The third-order valence-electron chi connectivity index (χ3n) is 6.77. The smallest absolute Gasteiger partial charge is 0.309 e. The van der Waals surface area contributed by atoms with Gasteiger partial charge in [0.15, 0.2) is 0 Å². The van der Waals surface area contributed by atoms with Crippen molar-refractivity contribution in [2.24, 2.45) is 23.7 Å². The molecule has 0 N–H and O–H groups in total. The van der Waals surface area contributed by atoms with Gasteiger partial charge in [-0.2, -0.15) is 0 Å². The number of hydrogen-bond acceptors (Lipinski definition) is 4. The molecular weight excluding hydrogens is 340 g/mol. The molecule has 0 aliphatic heterocycles. The molecule has 2 rings (SSSR count). The molecule has 0 spiro atoms. The molecule has 2 fully saturated rings. The van der Waals surface area contributed by atoms with Crippen LogP contribution in [0.15, 0.2) is 0 Å². The standard InChI is InChI=1S/C23H40O4/c1-16(2)20(24)27-23(17(3)4)13-9-10-19(15-23)14-18(5)21(25)26-22(6)11-7-8-12-22/h16-19H,7-15H2,1-6H3. The maximum atomic E-state index is 12.6. The highest BCUT2D eigenvalue weighted by Gasteiger charge is 2.43. The van der Waals surface area contributed by atoms with Crippen LogP contribution >= 0.6 is 0 Å².